The van der Waals surface area contributed by atoms with Crippen molar-refractivity contribution in [3.05, 3.63) is 114 Å². The maximum atomic E-state index is 16.3. The first-order valence-electron chi connectivity index (χ1n) is 18.1. The number of allylic oxidation sites excluding steroid dienone is 2. The molecule has 5 aromatic carbocycles. The Morgan fingerprint density at radius 1 is 0.804 bits per heavy atom. The summed E-state index contributed by atoms with van der Waals surface area (Å²) in [6.45, 7) is 12.5. The van der Waals surface area contributed by atoms with E-state index in [1.165, 1.54) is 11.6 Å². The third-order valence-electron chi connectivity index (χ3n) is 10.4. The number of aliphatic hydroxyl groups excluding tert-OH is 1. The standard InChI is InChI=1S/C32H22F2N.C13H24O2.Ir/c1-18(2)13-19-7-8-20-9-10-23-24-11-12-35-31-27-15-21-5-3-4-6-22(21)16-28(27)32(33,34)29(30(24)31)17-26(23)25(20)14-19;1-5-10(6-2)12(14)9-13(15)11(7-3)8-4;/h3-12,14,16-18H,13H2,1-2H3;9-11,14H,5-8H2,1-4H3;/q-1;;/b;12-9-;. The second kappa shape index (κ2) is 15.7. The van der Waals surface area contributed by atoms with Crippen molar-refractivity contribution in [3.8, 4) is 11.3 Å². The van der Waals surface area contributed by atoms with E-state index in [4.69, 9.17) is 0 Å². The molecule has 0 saturated carbocycles. The molecule has 0 saturated heterocycles. The predicted molar refractivity (Wildman–Crippen MR) is 204 cm³/mol. The number of rotatable bonds is 9. The normalized spacial score (nSPS) is 13.5. The summed E-state index contributed by atoms with van der Waals surface area (Å²) in [7, 11) is 0. The molecule has 6 heteroatoms. The van der Waals surface area contributed by atoms with E-state index < -0.39 is 5.92 Å². The number of aromatic nitrogens is 1. The number of carbonyl (C=O) groups is 1. The van der Waals surface area contributed by atoms with Gasteiger partial charge in [0.15, 0.2) is 5.78 Å². The minimum atomic E-state index is -3.16. The fourth-order valence-corrected chi connectivity index (χ4v) is 7.52. The van der Waals surface area contributed by atoms with Crippen molar-refractivity contribution in [3.63, 3.8) is 0 Å². The molecule has 0 fully saturated rings. The van der Waals surface area contributed by atoms with Gasteiger partial charge in [-0.1, -0.05) is 101 Å². The van der Waals surface area contributed by atoms with Crippen LogP contribution >= 0.6 is 0 Å². The largest absolute Gasteiger partial charge is 0.512 e. The molecular formula is C45H46F2IrNO2-. The summed E-state index contributed by atoms with van der Waals surface area (Å²) in [4.78, 5) is 16.3. The van der Waals surface area contributed by atoms with Crippen LogP contribution in [0.5, 0.6) is 0 Å². The molecular weight excluding hydrogens is 817 g/mol. The van der Waals surface area contributed by atoms with Gasteiger partial charge in [-0.25, -0.2) is 8.78 Å². The molecule has 1 N–H and O–H groups in total. The summed E-state index contributed by atoms with van der Waals surface area (Å²) in [5.41, 5.74) is 2.21. The maximum Gasteiger partial charge on any atom is 0.273 e. The van der Waals surface area contributed by atoms with E-state index >= 15 is 8.78 Å². The molecule has 0 amide bonds. The van der Waals surface area contributed by atoms with Gasteiger partial charge in [0.1, 0.15) is 0 Å². The monoisotopic (exact) mass is 863 g/mol. The Morgan fingerprint density at radius 3 is 2.18 bits per heavy atom. The molecule has 0 atom stereocenters. The summed E-state index contributed by atoms with van der Waals surface area (Å²) in [5.74, 6) is -2.09. The fraction of sp³-hybridized carbons (Fsp3) is 0.333. The average Bonchev–Trinajstić information content (AvgIpc) is 3.10. The number of aliphatic hydroxyl groups is 1. The van der Waals surface area contributed by atoms with Gasteiger partial charge in [0.05, 0.1) is 5.76 Å². The molecule has 267 valence electrons. The Hall–Kier alpha value is -3.99. The third-order valence-corrected chi connectivity index (χ3v) is 10.4. The van der Waals surface area contributed by atoms with Crippen molar-refractivity contribution in [2.75, 3.05) is 0 Å². The first kappa shape index (κ1) is 38.2. The number of nitrogens with zero attached hydrogens (tertiary/aromatic N) is 1. The number of ketones is 1. The van der Waals surface area contributed by atoms with Gasteiger partial charge in [-0.15, -0.1) is 23.6 Å². The predicted octanol–water partition coefficient (Wildman–Crippen LogP) is 12.7. The van der Waals surface area contributed by atoms with Gasteiger partial charge in [0.25, 0.3) is 5.92 Å². The van der Waals surface area contributed by atoms with Gasteiger partial charge in [-0.05, 0) is 93.6 Å². The Balaban J connectivity index is 0.000000271. The second-order valence-electron chi connectivity index (χ2n) is 14.0. The zero-order valence-electron chi connectivity index (χ0n) is 30.2. The molecule has 6 aromatic rings. The molecule has 1 aromatic heterocycles. The molecule has 0 unspecified atom stereocenters. The molecule has 1 aliphatic rings. The first-order chi connectivity index (χ1) is 24.0. The van der Waals surface area contributed by atoms with Crippen molar-refractivity contribution in [2.45, 2.75) is 79.6 Å². The second-order valence-corrected chi connectivity index (χ2v) is 14.0. The number of hydrogen-bond acceptors (Lipinski definition) is 3. The molecule has 0 bridgehead atoms. The zero-order chi connectivity index (χ0) is 35.7. The van der Waals surface area contributed by atoms with Crippen LogP contribution in [0.3, 0.4) is 0 Å². The minimum absolute atomic E-state index is 0. The summed E-state index contributed by atoms with van der Waals surface area (Å²) in [6.07, 6.45) is 7.59. The number of halogens is 2. The van der Waals surface area contributed by atoms with Gasteiger partial charge in [-0.2, -0.15) is 0 Å². The number of carbonyl (C=O) groups excluding carboxylic acids is 1. The maximum absolute atomic E-state index is 16.3. The smallest absolute Gasteiger partial charge is 0.273 e. The van der Waals surface area contributed by atoms with Gasteiger partial charge < -0.3 is 5.11 Å². The van der Waals surface area contributed by atoms with E-state index in [0.717, 1.165) is 69.8 Å². The van der Waals surface area contributed by atoms with Crippen molar-refractivity contribution in [2.24, 2.45) is 17.8 Å². The number of hydrogen-bond donors (Lipinski definition) is 1. The van der Waals surface area contributed by atoms with Crippen molar-refractivity contribution < 1.29 is 38.8 Å². The van der Waals surface area contributed by atoms with Crippen LogP contribution in [0, 0.1) is 23.8 Å². The van der Waals surface area contributed by atoms with Crippen molar-refractivity contribution >= 4 is 48.9 Å². The Bertz CT molecular complexity index is 2250. The zero-order valence-corrected chi connectivity index (χ0v) is 32.6. The Kier molecular flexibility index (Phi) is 11.8. The molecule has 0 aliphatic heterocycles. The van der Waals surface area contributed by atoms with E-state index in [-0.39, 0.29) is 54.6 Å². The van der Waals surface area contributed by atoms with Crippen LogP contribution in [0.25, 0.3) is 54.3 Å². The van der Waals surface area contributed by atoms with Crippen molar-refractivity contribution in [1.82, 2.24) is 4.98 Å². The SMILES string of the molecule is CC(C)Cc1ccc2ccc3c4ccnc5c4c(cc3c2c1)C(F)(F)c1cc2ccccc2[c-]c1-5.CCC(CC)C(=O)/C=C(\O)C(CC)CC.[Ir]. The minimum Gasteiger partial charge on any atom is -0.512 e. The summed E-state index contributed by atoms with van der Waals surface area (Å²) < 4.78 is 32.6. The molecule has 0 spiro atoms. The summed E-state index contributed by atoms with van der Waals surface area (Å²) >= 11 is 0. The number of benzene rings is 5. The van der Waals surface area contributed by atoms with Crippen LogP contribution < -0.4 is 0 Å². The summed E-state index contributed by atoms with van der Waals surface area (Å²) in [6, 6.07) is 26.6. The van der Waals surface area contributed by atoms with E-state index in [9.17, 15) is 9.90 Å². The van der Waals surface area contributed by atoms with Crippen LogP contribution in [0.2, 0.25) is 0 Å². The van der Waals surface area contributed by atoms with Crippen LogP contribution in [-0.2, 0) is 37.2 Å². The molecule has 1 radical (unpaired) electrons. The molecule has 7 rings (SSSR count). The Labute approximate surface area is 313 Å². The van der Waals surface area contributed by atoms with Crippen LogP contribution in [0.15, 0.2) is 90.8 Å². The molecule has 1 heterocycles. The van der Waals surface area contributed by atoms with E-state index in [2.05, 4.69) is 55.2 Å². The van der Waals surface area contributed by atoms with E-state index in [0.29, 0.717) is 22.6 Å². The number of alkyl halides is 2. The van der Waals surface area contributed by atoms with Crippen LogP contribution in [0.4, 0.5) is 8.78 Å². The van der Waals surface area contributed by atoms with Gasteiger partial charge >= 0.3 is 0 Å². The number of pyridine rings is 1. The molecule has 51 heavy (non-hydrogen) atoms. The third kappa shape index (κ3) is 7.23. The van der Waals surface area contributed by atoms with E-state index in [1.807, 2.05) is 58.0 Å². The van der Waals surface area contributed by atoms with Crippen LogP contribution in [-0.4, -0.2) is 15.9 Å². The van der Waals surface area contributed by atoms with Gasteiger partial charge in [0, 0.05) is 55.5 Å². The summed E-state index contributed by atoms with van der Waals surface area (Å²) in [5, 5.41) is 16.6. The quantitative estimate of drug-likeness (QED) is 0.0682. The number of fused-ring (bicyclic) bond motifs is 7. The molecule has 1 aliphatic carbocycles. The van der Waals surface area contributed by atoms with Gasteiger partial charge in [0.2, 0.25) is 0 Å². The van der Waals surface area contributed by atoms with E-state index in [1.54, 1.807) is 18.3 Å². The molecule has 3 nitrogen and oxygen atoms in total. The van der Waals surface area contributed by atoms with Gasteiger partial charge in [-0.3, -0.25) is 9.78 Å². The topological polar surface area (TPSA) is 50.2 Å². The fourth-order valence-electron chi connectivity index (χ4n) is 7.52. The Morgan fingerprint density at radius 2 is 1.49 bits per heavy atom. The van der Waals surface area contributed by atoms with Crippen molar-refractivity contribution in [1.29, 1.82) is 0 Å². The first-order valence-corrected chi connectivity index (χ1v) is 18.1. The van der Waals surface area contributed by atoms with Crippen LogP contribution in [0.1, 0.15) is 83.9 Å². The average molecular weight is 863 g/mol.